The highest BCUT2D eigenvalue weighted by Gasteiger charge is 2.22. The Morgan fingerprint density at radius 1 is 1.30 bits per heavy atom. The monoisotopic (exact) mass is 144 g/mol. The third-order valence-corrected chi connectivity index (χ3v) is 1.42. The molecule has 1 aliphatic heterocycles. The zero-order chi connectivity index (χ0) is 8.04. The molecule has 0 spiro atoms. The maximum Gasteiger partial charge on any atom is 0.0627 e. The molecule has 1 saturated heterocycles. The van der Waals surface area contributed by atoms with Gasteiger partial charge in [-0.3, -0.25) is 0 Å². The van der Waals surface area contributed by atoms with Crippen LogP contribution in [-0.4, -0.2) is 12.2 Å². The molecule has 0 bridgehead atoms. The van der Waals surface area contributed by atoms with E-state index in [-0.39, 0.29) is 5.60 Å². The van der Waals surface area contributed by atoms with Crippen LogP contribution in [0.25, 0.3) is 0 Å². The van der Waals surface area contributed by atoms with Crippen molar-refractivity contribution in [2.75, 3.05) is 6.61 Å². The Morgan fingerprint density at radius 3 is 1.90 bits per heavy atom. The number of hydrogen-bond donors (Lipinski definition) is 0. The van der Waals surface area contributed by atoms with E-state index in [1.807, 2.05) is 0 Å². The van der Waals surface area contributed by atoms with Crippen LogP contribution in [-0.2, 0) is 4.74 Å². The largest absolute Gasteiger partial charge is 0.376 e. The molecule has 0 atom stereocenters. The number of hydrogen-bond acceptors (Lipinski definition) is 1. The molecule has 1 heterocycles. The zero-order valence-electron chi connectivity index (χ0n) is 7.74. The molecule has 1 fully saturated rings. The van der Waals surface area contributed by atoms with Gasteiger partial charge in [-0.1, -0.05) is 20.3 Å². The second-order valence-electron chi connectivity index (χ2n) is 3.42. The lowest BCUT2D eigenvalue weighted by atomic mass is 10.1. The normalized spacial score (nSPS) is 21.6. The van der Waals surface area contributed by atoms with Gasteiger partial charge in [0.15, 0.2) is 0 Å². The van der Waals surface area contributed by atoms with Crippen molar-refractivity contribution in [2.45, 2.75) is 52.6 Å². The second kappa shape index (κ2) is 4.73. The van der Waals surface area contributed by atoms with Crippen LogP contribution >= 0.6 is 0 Å². The van der Waals surface area contributed by atoms with E-state index in [0.29, 0.717) is 0 Å². The standard InChI is InChI=1S/C6H12O.C3H8/c1-6(2)4-3-5-7-6;1-3-2/h3-5H2,1-2H3;3H2,1-2H3. The quantitative estimate of drug-likeness (QED) is 0.508. The highest BCUT2D eigenvalue weighted by Crippen LogP contribution is 2.22. The first-order chi connectivity index (χ1) is 4.62. The molecule has 0 unspecified atom stereocenters. The highest BCUT2D eigenvalue weighted by molar-refractivity contribution is 4.72. The summed E-state index contributed by atoms with van der Waals surface area (Å²) in [6, 6.07) is 0. The van der Waals surface area contributed by atoms with Crippen LogP contribution in [0.1, 0.15) is 47.0 Å². The molecule has 10 heavy (non-hydrogen) atoms. The Labute approximate surface area is 64.8 Å². The average Bonchev–Trinajstić information content (AvgIpc) is 2.16. The van der Waals surface area contributed by atoms with E-state index in [1.54, 1.807) is 0 Å². The van der Waals surface area contributed by atoms with Crippen molar-refractivity contribution >= 4 is 0 Å². The molecule has 0 saturated carbocycles. The van der Waals surface area contributed by atoms with Gasteiger partial charge in [-0.25, -0.2) is 0 Å². The lowest BCUT2D eigenvalue weighted by Gasteiger charge is -2.14. The van der Waals surface area contributed by atoms with Crippen molar-refractivity contribution in [2.24, 2.45) is 0 Å². The lowest BCUT2D eigenvalue weighted by molar-refractivity contribution is 0.0367. The summed E-state index contributed by atoms with van der Waals surface area (Å²) in [5, 5.41) is 0. The highest BCUT2D eigenvalue weighted by atomic mass is 16.5. The topological polar surface area (TPSA) is 9.23 Å². The first-order valence-electron chi connectivity index (χ1n) is 4.26. The molecule has 62 valence electrons. The molecule has 0 N–H and O–H groups in total. The fraction of sp³-hybridized carbons (Fsp3) is 1.00. The van der Waals surface area contributed by atoms with Crippen molar-refractivity contribution in [3.8, 4) is 0 Å². The van der Waals surface area contributed by atoms with E-state index < -0.39 is 0 Å². The van der Waals surface area contributed by atoms with Crippen LogP contribution in [0.4, 0.5) is 0 Å². The van der Waals surface area contributed by atoms with Gasteiger partial charge in [0.25, 0.3) is 0 Å². The molecule has 0 amide bonds. The molecular weight excluding hydrogens is 124 g/mol. The molecule has 0 aliphatic carbocycles. The Kier molecular flexibility index (Phi) is 4.71. The first-order valence-corrected chi connectivity index (χ1v) is 4.26. The number of ether oxygens (including phenoxy) is 1. The summed E-state index contributed by atoms with van der Waals surface area (Å²) in [6.45, 7) is 9.49. The van der Waals surface area contributed by atoms with Crippen molar-refractivity contribution < 1.29 is 4.74 Å². The summed E-state index contributed by atoms with van der Waals surface area (Å²) < 4.78 is 5.34. The molecule has 1 heteroatoms. The van der Waals surface area contributed by atoms with Gasteiger partial charge in [-0.2, -0.15) is 0 Å². The third-order valence-electron chi connectivity index (χ3n) is 1.42. The van der Waals surface area contributed by atoms with Crippen LogP contribution in [0, 0.1) is 0 Å². The smallest absolute Gasteiger partial charge is 0.0627 e. The fourth-order valence-electron chi connectivity index (χ4n) is 0.919. The minimum atomic E-state index is 0.194. The van der Waals surface area contributed by atoms with Crippen molar-refractivity contribution in [3.05, 3.63) is 0 Å². The molecular formula is C9H20O. The van der Waals surface area contributed by atoms with E-state index in [9.17, 15) is 0 Å². The Hall–Kier alpha value is -0.0400. The zero-order valence-corrected chi connectivity index (χ0v) is 7.74. The Morgan fingerprint density at radius 2 is 1.80 bits per heavy atom. The van der Waals surface area contributed by atoms with E-state index in [2.05, 4.69) is 27.7 Å². The predicted molar refractivity (Wildman–Crippen MR) is 45.2 cm³/mol. The predicted octanol–water partition coefficient (Wildman–Crippen LogP) is 2.99. The van der Waals surface area contributed by atoms with Gasteiger partial charge in [-0.15, -0.1) is 0 Å². The lowest BCUT2D eigenvalue weighted by Crippen LogP contribution is -2.15. The molecule has 1 nitrogen and oxygen atoms in total. The van der Waals surface area contributed by atoms with Crippen molar-refractivity contribution in [1.29, 1.82) is 0 Å². The Bertz CT molecular complexity index is 68.8. The van der Waals surface area contributed by atoms with Gasteiger partial charge >= 0.3 is 0 Å². The summed E-state index contributed by atoms with van der Waals surface area (Å²) in [7, 11) is 0. The Balaban J connectivity index is 0.000000236. The van der Waals surface area contributed by atoms with Gasteiger partial charge in [0.2, 0.25) is 0 Å². The summed E-state index contributed by atoms with van der Waals surface area (Å²) in [5.74, 6) is 0. The third kappa shape index (κ3) is 4.80. The molecule has 1 aliphatic rings. The second-order valence-corrected chi connectivity index (χ2v) is 3.42. The molecule has 0 radical (unpaired) electrons. The number of rotatable bonds is 0. The summed E-state index contributed by atoms with van der Waals surface area (Å²) in [5.41, 5.74) is 0.194. The van der Waals surface area contributed by atoms with E-state index in [0.717, 1.165) is 6.61 Å². The summed E-state index contributed by atoms with van der Waals surface area (Å²) >= 11 is 0. The van der Waals surface area contributed by atoms with Gasteiger partial charge in [0, 0.05) is 6.61 Å². The molecule has 1 rings (SSSR count). The van der Waals surface area contributed by atoms with Gasteiger partial charge < -0.3 is 4.74 Å². The maximum absolute atomic E-state index is 5.34. The van der Waals surface area contributed by atoms with Crippen LogP contribution in [0.3, 0.4) is 0 Å². The SMILES string of the molecule is CC1(C)CCCO1.CCC. The molecule has 0 aromatic heterocycles. The van der Waals surface area contributed by atoms with Crippen LogP contribution in [0.15, 0.2) is 0 Å². The first kappa shape index (κ1) is 9.96. The fourth-order valence-corrected chi connectivity index (χ4v) is 0.919. The van der Waals surface area contributed by atoms with Gasteiger partial charge in [0.1, 0.15) is 0 Å². The van der Waals surface area contributed by atoms with Crippen LogP contribution in [0.2, 0.25) is 0 Å². The van der Waals surface area contributed by atoms with E-state index in [1.165, 1.54) is 19.3 Å². The van der Waals surface area contributed by atoms with Crippen LogP contribution < -0.4 is 0 Å². The van der Waals surface area contributed by atoms with Crippen molar-refractivity contribution in [3.63, 3.8) is 0 Å². The van der Waals surface area contributed by atoms with E-state index in [4.69, 9.17) is 4.74 Å². The van der Waals surface area contributed by atoms with Gasteiger partial charge in [-0.05, 0) is 26.7 Å². The molecule has 0 aromatic rings. The minimum Gasteiger partial charge on any atom is -0.376 e. The maximum atomic E-state index is 5.34. The van der Waals surface area contributed by atoms with Crippen LogP contribution in [0.5, 0.6) is 0 Å². The summed E-state index contributed by atoms with van der Waals surface area (Å²) in [4.78, 5) is 0. The van der Waals surface area contributed by atoms with Crippen molar-refractivity contribution in [1.82, 2.24) is 0 Å². The van der Waals surface area contributed by atoms with E-state index >= 15 is 0 Å². The van der Waals surface area contributed by atoms with Gasteiger partial charge in [0.05, 0.1) is 5.60 Å². The minimum absolute atomic E-state index is 0.194. The summed E-state index contributed by atoms with van der Waals surface area (Å²) in [6.07, 6.45) is 3.72. The average molecular weight is 144 g/mol. The molecule has 0 aromatic carbocycles.